The fourth-order valence-electron chi connectivity index (χ4n) is 3.85. The molecule has 6 nitrogen and oxygen atoms in total. The molecule has 3 rings (SSSR count). The maximum Gasteiger partial charge on any atom is 0.103 e. The van der Waals surface area contributed by atoms with Crippen molar-refractivity contribution in [3.8, 4) is 0 Å². The Morgan fingerprint density at radius 1 is 0.737 bits per heavy atom. The first kappa shape index (κ1) is 29.5. The van der Waals surface area contributed by atoms with Gasteiger partial charge in [-0.25, -0.2) is 0 Å². The molecule has 3 aromatic rings. The third-order valence-corrected chi connectivity index (χ3v) is 6.03. The summed E-state index contributed by atoms with van der Waals surface area (Å²) in [6.45, 7) is 6.57. The minimum atomic E-state index is -0.784. The molecular formula is C32H40N2O4. The van der Waals surface area contributed by atoms with Crippen molar-refractivity contribution in [2.24, 2.45) is 5.73 Å². The Bertz CT molecular complexity index is 1050. The maximum atomic E-state index is 10.3. The van der Waals surface area contributed by atoms with Crippen molar-refractivity contribution in [1.82, 2.24) is 5.32 Å². The summed E-state index contributed by atoms with van der Waals surface area (Å²) >= 11 is 0. The second-order valence-electron chi connectivity index (χ2n) is 8.98. The Labute approximate surface area is 226 Å². The summed E-state index contributed by atoms with van der Waals surface area (Å²) in [5.41, 5.74) is 8.92. The van der Waals surface area contributed by atoms with Gasteiger partial charge in [-0.3, -0.25) is 0 Å². The number of hydrogen-bond acceptors (Lipinski definition) is 6. The molecule has 3 aromatic carbocycles. The molecule has 0 amide bonds. The highest BCUT2D eigenvalue weighted by Gasteiger charge is 2.21. The molecular weight excluding hydrogens is 476 g/mol. The fraction of sp³-hybridized carbons (Fsp3) is 0.312. The summed E-state index contributed by atoms with van der Waals surface area (Å²) in [5, 5.41) is 13.7. The topological polar surface area (TPSA) is 86.0 Å². The van der Waals surface area contributed by atoms with E-state index in [1.165, 1.54) is 0 Å². The van der Waals surface area contributed by atoms with Crippen LogP contribution in [0.2, 0.25) is 0 Å². The highest BCUT2D eigenvalue weighted by molar-refractivity contribution is 5.15. The average molecular weight is 517 g/mol. The smallest absolute Gasteiger partial charge is 0.103 e. The van der Waals surface area contributed by atoms with E-state index in [-0.39, 0.29) is 18.8 Å². The van der Waals surface area contributed by atoms with Gasteiger partial charge in [0.25, 0.3) is 0 Å². The van der Waals surface area contributed by atoms with Gasteiger partial charge < -0.3 is 30.4 Å². The summed E-state index contributed by atoms with van der Waals surface area (Å²) in [7, 11) is 0. The summed E-state index contributed by atoms with van der Waals surface area (Å²) in [6.07, 6.45) is 3.76. The number of benzene rings is 3. The van der Waals surface area contributed by atoms with Crippen LogP contribution in [0.4, 0.5) is 0 Å². The Hall–Kier alpha value is -3.10. The van der Waals surface area contributed by atoms with Gasteiger partial charge in [0, 0.05) is 19.6 Å². The lowest BCUT2D eigenvalue weighted by Crippen LogP contribution is -2.39. The molecule has 0 saturated carbocycles. The predicted molar refractivity (Wildman–Crippen MR) is 152 cm³/mol. The maximum absolute atomic E-state index is 10.3. The second-order valence-corrected chi connectivity index (χ2v) is 8.98. The van der Waals surface area contributed by atoms with E-state index >= 15 is 0 Å². The summed E-state index contributed by atoms with van der Waals surface area (Å²) in [5.74, 6) is 0. The number of nitrogens with one attached hydrogen (secondary N) is 1. The zero-order chi connectivity index (χ0) is 26.8. The van der Waals surface area contributed by atoms with Gasteiger partial charge in [0.05, 0.1) is 25.9 Å². The van der Waals surface area contributed by atoms with E-state index in [9.17, 15) is 5.11 Å². The number of nitrogens with two attached hydrogens (primary N) is 1. The van der Waals surface area contributed by atoms with Crippen LogP contribution in [0.3, 0.4) is 0 Å². The molecule has 0 radical (unpaired) electrons. The largest absolute Gasteiger partial charge is 0.389 e. The van der Waals surface area contributed by atoms with Crippen LogP contribution < -0.4 is 11.1 Å². The molecule has 0 bridgehead atoms. The van der Waals surface area contributed by atoms with Crippen LogP contribution in [-0.4, -0.2) is 49.2 Å². The minimum absolute atomic E-state index is 0.117. The third-order valence-electron chi connectivity index (χ3n) is 6.03. The number of hydrogen-bond donors (Lipinski definition) is 3. The summed E-state index contributed by atoms with van der Waals surface area (Å²) in [4.78, 5) is 0. The molecule has 0 spiro atoms. The van der Waals surface area contributed by atoms with Gasteiger partial charge in [-0.15, -0.1) is 6.58 Å². The van der Waals surface area contributed by atoms with E-state index in [0.29, 0.717) is 32.9 Å². The van der Waals surface area contributed by atoms with Crippen molar-refractivity contribution in [2.75, 3.05) is 19.6 Å². The molecule has 4 N–H and O–H groups in total. The highest BCUT2D eigenvalue weighted by Crippen LogP contribution is 2.13. The van der Waals surface area contributed by atoms with Gasteiger partial charge in [0.1, 0.15) is 18.3 Å². The Balaban J connectivity index is 1.54. The minimum Gasteiger partial charge on any atom is -0.389 e. The molecule has 0 aliphatic carbocycles. The molecule has 4 atom stereocenters. The van der Waals surface area contributed by atoms with Crippen molar-refractivity contribution in [1.29, 1.82) is 0 Å². The van der Waals surface area contributed by atoms with Crippen molar-refractivity contribution >= 4 is 0 Å². The predicted octanol–water partition coefficient (Wildman–Crippen LogP) is 4.39. The Kier molecular flexibility index (Phi) is 13.5. The summed E-state index contributed by atoms with van der Waals surface area (Å²) < 4.78 is 18.4. The zero-order valence-corrected chi connectivity index (χ0v) is 21.9. The van der Waals surface area contributed by atoms with Crippen LogP contribution >= 0.6 is 0 Å². The molecule has 0 saturated heterocycles. The molecule has 0 aliphatic heterocycles. The average Bonchev–Trinajstić information content (AvgIpc) is 2.98. The number of aliphatic hydroxyl groups excluding tert-OH is 1. The van der Waals surface area contributed by atoms with Crippen molar-refractivity contribution in [3.05, 3.63) is 132 Å². The van der Waals surface area contributed by atoms with Crippen LogP contribution in [0.5, 0.6) is 0 Å². The van der Waals surface area contributed by atoms with Gasteiger partial charge in [-0.05, 0) is 16.7 Å². The van der Waals surface area contributed by atoms with E-state index < -0.39 is 12.2 Å². The molecule has 0 aromatic heterocycles. The fourth-order valence-corrected chi connectivity index (χ4v) is 3.85. The van der Waals surface area contributed by atoms with E-state index in [4.69, 9.17) is 19.9 Å². The third kappa shape index (κ3) is 10.7. The van der Waals surface area contributed by atoms with E-state index in [1.54, 1.807) is 6.08 Å². The number of rotatable bonds is 18. The van der Waals surface area contributed by atoms with E-state index in [1.807, 2.05) is 103 Å². The van der Waals surface area contributed by atoms with Crippen LogP contribution in [0.1, 0.15) is 16.7 Å². The van der Waals surface area contributed by atoms with E-state index in [2.05, 4.69) is 11.9 Å². The van der Waals surface area contributed by atoms with Gasteiger partial charge in [0.2, 0.25) is 0 Å². The lowest BCUT2D eigenvalue weighted by molar-refractivity contribution is -0.0627. The van der Waals surface area contributed by atoms with Crippen LogP contribution in [0.15, 0.2) is 116 Å². The normalized spacial score (nSPS) is 14.7. The molecule has 0 aliphatic rings. The zero-order valence-electron chi connectivity index (χ0n) is 21.9. The van der Waals surface area contributed by atoms with Crippen LogP contribution in [0.25, 0.3) is 0 Å². The Morgan fingerprint density at radius 2 is 1.21 bits per heavy atom. The first-order chi connectivity index (χ1) is 18.7. The summed E-state index contributed by atoms with van der Waals surface area (Å²) in [6, 6.07) is 30.0. The molecule has 0 fully saturated rings. The van der Waals surface area contributed by atoms with Crippen molar-refractivity contribution in [2.45, 2.75) is 44.2 Å². The van der Waals surface area contributed by atoms with Gasteiger partial charge in [-0.1, -0.05) is 109 Å². The van der Waals surface area contributed by atoms with Crippen molar-refractivity contribution < 1.29 is 19.3 Å². The lowest BCUT2D eigenvalue weighted by Gasteiger charge is -2.26. The molecule has 0 unspecified atom stereocenters. The second kappa shape index (κ2) is 17.4. The molecule has 0 heterocycles. The lowest BCUT2D eigenvalue weighted by atomic mass is 10.1. The van der Waals surface area contributed by atoms with Gasteiger partial charge in [0.15, 0.2) is 0 Å². The van der Waals surface area contributed by atoms with Crippen molar-refractivity contribution in [3.63, 3.8) is 0 Å². The molecule has 6 heteroatoms. The molecule has 38 heavy (non-hydrogen) atoms. The molecule has 202 valence electrons. The van der Waals surface area contributed by atoms with Crippen LogP contribution in [-0.2, 0) is 34.0 Å². The first-order valence-electron chi connectivity index (χ1n) is 13.0. The number of aliphatic hydroxyl groups is 1. The van der Waals surface area contributed by atoms with Gasteiger partial charge >= 0.3 is 0 Å². The van der Waals surface area contributed by atoms with E-state index in [0.717, 1.165) is 16.7 Å². The number of ether oxygens (including phenoxy) is 3. The van der Waals surface area contributed by atoms with Crippen LogP contribution in [0, 0.1) is 0 Å². The standard InChI is InChI=1S/C32H40N2O4/c1-2-30(36-23-26-13-6-3-7-14-26)32(38-25-28-17-10-5-11-18-28)22-34-20-12-19-31(29(35)21-33)37-24-27-15-8-4-9-16-27/h2-19,29-32,34-35H,1,20-25,33H2/b19-12+/t29-,30+,31+,32-/m0/s1. The first-order valence-corrected chi connectivity index (χ1v) is 13.0. The quantitative estimate of drug-likeness (QED) is 0.172. The van der Waals surface area contributed by atoms with Gasteiger partial charge in [-0.2, -0.15) is 0 Å². The Morgan fingerprint density at radius 3 is 1.68 bits per heavy atom. The SMILES string of the molecule is C=C[C@@H](OCc1ccccc1)[C@H](CNC/C=C/[C@@H](OCc1ccccc1)[C@@H](O)CN)OCc1ccccc1. The highest BCUT2D eigenvalue weighted by atomic mass is 16.5. The monoisotopic (exact) mass is 516 g/mol.